The second-order valence-corrected chi connectivity index (χ2v) is 7.39. The van der Waals surface area contributed by atoms with Gasteiger partial charge in [0.25, 0.3) is 5.56 Å². The molecular weight excluding hydrogens is 348 g/mol. The van der Waals surface area contributed by atoms with Gasteiger partial charge in [-0.25, -0.2) is 9.78 Å². The number of aryl methyl sites for hydroxylation is 3. The predicted octanol–water partition coefficient (Wildman–Crippen LogP) is 2.95. The molecule has 0 fully saturated rings. The Morgan fingerprint density at radius 1 is 1.15 bits per heavy atom. The fraction of sp³-hybridized carbons (Fsp3) is 0.421. The van der Waals surface area contributed by atoms with Crippen LogP contribution in [0.5, 0.6) is 0 Å². The zero-order valence-corrected chi connectivity index (χ0v) is 16.0. The molecule has 0 bridgehead atoms. The van der Waals surface area contributed by atoms with E-state index in [4.69, 9.17) is 0 Å². The molecule has 0 aliphatic carbocycles. The molecule has 6 nitrogen and oxygen atoms in total. The summed E-state index contributed by atoms with van der Waals surface area (Å²) in [6.07, 6.45) is 4.04. The Bertz CT molecular complexity index is 988. The van der Waals surface area contributed by atoms with E-state index in [1.807, 2.05) is 10.6 Å². The molecule has 0 unspecified atom stereocenters. The summed E-state index contributed by atoms with van der Waals surface area (Å²) in [6, 6.07) is 10.4. The summed E-state index contributed by atoms with van der Waals surface area (Å²) < 4.78 is 3.37. The third kappa shape index (κ3) is 3.93. The van der Waals surface area contributed by atoms with Crippen molar-refractivity contribution < 1.29 is 0 Å². The van der Waals surface area contributed by atoms with Crippen LogP contribution in [0.25, 0.3) is 11.2 Å². The monoisotopic (exact) mass is 372 g/mol. The van der Waals surface area contributed by atoms with E-state index in [9.17, 15) is 9.59 Å². The minimum absolute atomic E-state index is 0.358. The molecular formula is C19H24N4O2S. The number of imidazole rings is 1. The van der Waals surface area contributed by atoms with Crippen LogP contribution in [0.3, 0.4) is 0 Å². The summed E-state index contributed by atoms with van der Waals surface area (Å²) in [5, 5.41) is 0.813. The summed E-state index contributed by atoms with van der Waals surface area (Å²) in [5.74, 6) is 0.913. The average molecular weight is 372 g/mol. The lowest BCUT2D eigenvalue weighted by atomic mass is 10.1. The molecule has 3 rings (SSSR count). The molecule has 7 heteroatoms. The summed E-state index contributed by atoms with van der Waals surface area (Å²) in [6.45, 7) is 2.85. The molecule has 2 heterocycles. The minimum atomic E-state index is -0.428. The van der Waals surface area contributed by atoms with Gasteiger partial charge in [0, 0.05) is 19.3 Å². The van der Waals surface area contributed by atoms with E-state index in [-0.39, 0.29) is 5.56 Å². The molecule has 0 saturated heterocycles. The van der Waals surface area contributed by atoms with Crippen molar-refractivity contribution in [1.29, 1.82) is 0 Å². The first-order chi connectivity index (χ1) is 12.6. The molecule has 3 aromatic rings. The number of aromatic amines is 1. The summed E-state index contributed by atoms with van der Waals surface area (Å²) in [5.41, 5.74) is 1.49. The van der Waals surface area contributed by atoms with Crippen molar-refractivity contribution in [1.82, 2.24) is 19.1 Å². The van der Waals surface area contributed by atoms with E-state index in [2.05, 4.69) is 41.2 Å². The highest BCUT2D eigenvalue weighted by molar-refractivity contribution is 7.99. The molecule has 26 heavy (non-hydrogen) atoms. The van der Waals surface area contributed by atoms with Gasteiger partial charge in [0.2, 0.25) is 0 Å². The average Bonchev–Trinajstić information content (AvgIpc) is 3.01. The van der Waals surface area contributed by atoms with Gasteiger partial charge in [0.1, 0.15) is 0 Å². The number of benzene rings is 1. The van der Waals surface area contributed by atoms with E-state index in [1.165, 1.54) is 10.1 Å². The predicted molar refractivity (Wildman–Crippen MR) is 106 cm³/mol. The third-order valence-corrected chi connectivity index (χ3v) is 5.45. The van der Waals surface area contributed by atoms with Gasteiger partial charge in [0.05, 0.1) is 0 Å². The highest BCUT2D eigenvalue weighted by Crippen LogP contribution is 2.23. The van der Waals surface area contributed by atoms with Crippen molar-refractivity contribution in [3.05, 3.63) is 56.7 Å². The molecule has 138 valence electrons. The number of unbranched alkanes of at least 4 members (excludes halogenated alkanes) is 1. The molecule has 2 aromatic heterocycles. The lowest BCUT2D eigenvalue weighted by Gasteiger charge is -2.07. The minimum Gasteiger partial charge on any atom is -0.313 e. The van der Waals surface area contributed by atoms with Gasteiger partial charge in [-0.15, -0.1) is 0 Å². The zero-order chi connectivity index (χ0) is 18.5. The van der Waals surface area contributed by atoms with Crippen LogP contribution in [-0.4, -0.2) is 24.9 Å². The fourth-order valence-corrected chi connectivity index (χ4v) is 3.89. The molecule has 1 aromatic carbocycles. The standard InChI is InChI=1S/C19H24N4O2S/c1-3-4-12-23-15-16(22(2)18(25)21-17(15)24)20-19(23)26-13-8-11-14-9-6-5-7-10-14/h5-7,9-10H,3-4,8,11-13H2,1-2H3,(H,21,24,25). The quantitative estimate of drug-likeness (QED) is 0.487. The normalized spacial score (nSPS) is 11.3. The fourth-order valence-electron chi connectivity index (χ4n) is 2.93. The first-order valence-corrected chi connectivity index (χ1v) is 9.96. The smallest absolute Gasteiger partial charge is 0.313 e. The molecule has 0 saturated carbocycles. The highest BCUT2D eigenvalue weighted by atomic mass is 32.2. The van der Waals surface area contributed by atoms with Crippen molar-refractivity contribution >= 4 is 22.9 Å². The molecule has 0 aliphatic heterocycles. The first-order valence-electron chi connectivity index (χ1n) is 8.98. The van der Waals surface area contributed by atoms with Gasteiger partial charge >= 0.3 is 5.69 Å². The van der Waals surface area contributed by atoms with Crippen molar-refractivity contribution in [2.45, 2.75) is 44.3 Å². The maximum atomic E-state index is 12.3. The van der Waals surface area contributed by atoms with Crippen LogP contribution in [0, 0.1) is 0 Å². The number of thioether (sulfide) groups is 1. The van der Waals surface area contributed by atoms with Crippen LogP contribution in [0.2, 0.25) is 0 Å². The Hall–Kier alpha value is -2.28. The Morgan fingerprint density at radius 2 is 1.92 bits per heavy atom. The van der Waals surface area contributed by atoms with E-state index >= 15 is 0 Å². The summed E-state index contributed by atoms with van der Waals surface area (Å²) >= 11 is 1.65. The van der Waals surface area contributed by atoms with E-state index in [1.54, 1.807) is 18.8 Å². The second-order valence-electron chi connectivity index (χ2n) is 6.33. The van der Waals surface area contributed by atoms with Crippen molar-refractivity contribution in [2.24, 2.45) is 7.05 Å². The van der Waals surface area contributed by atoms with Gasteiger partial charge < -0.3 is 4.57 Å². The third-order valence-electron chi connectivity index (χ3n) is 4.39. The van der Waals surface area contributed by atoms with E-state index in [0.29, 0.717) is 11.2 Å². The lowest BCUT2D eigenvalue weighted by Crippen LogP contribution is -2.29. The SMILES string of the molecule is CCCCn1c(SCCCc2ccccc2)nc2c1c(=O)[nH]c(=O)n2C. The van der Waals surface area contributed by atoms with Gasteiger partial charge in [-0.05, 0) is 24.8 Å². The number of aromatic nitrogens is 4. The molecule has 0 amide bonds. The number of nitrogens with zero attached hydrogens (tertiary/aromatic N) is 3. The zero-order valence-electron chi connectivity index (χ0n) is 15.2. The Balaban J connectivity index is 1.82. The van der Waals surface area contributed by atoms with Crippen molar-refractivity contribution in [2.75, 3.05) is 5.75 Å². The number of rotatable bonds is 8. The highest BCUT2D eigenvalue weighted by Gasteiger charge is 2.17. The maximum absolute atomic E-state index is 12.3. The number of nitrogens with one attached hydrogen (secondary N) is 1. The summed E-state index contributed by atoms with van der Waals surface area (Å²) in [4.78, 5) is 31.2. The Kier molecular flexibility index (Phi) is 5.98. The molecule has 0 aliphatic rings. The first kappa shape index (κ1) is 18.5. The van der Waals surface area contributed by atoms with Crippen LogP contribution < -0.4 is 11.2 Å². The van der Waals surface area contributed by atoms with E-state index < -0.39 is 5.69 Å². The van der Waals surface area contributed by atoms with Crippen LogP contribution >= 0.6 is 11.8 Å². The Labute approximate surface area is 156 Å². The van der Waals surface area contributed by atoms with Gasteiger partial charge in [-0.3, -0.25) is 14.3 Å². The number of hydrogen-bond acceptors (Lipinski definition) is 4. The van der Waals surface area contributed by atoms with Crippen LogP contribution in [0.15, 0.2) is 45.1 Å². The van der Waals surface area contributed by atoms with Crippen molar-refractivity contribution in [3.8, 4) is 0 Å². The van der Waals surface area contributed by atoms with Crippen LogP contribution in [-0.2, 0) is 20.0 Å². The van der Waals surface area contributed by atoms with Gasteiger partial charge in [-0.2, -0.15) is 0 Å². The van der Waals surface area contributed by atoms with E-state index in [0.717, 1.165) is 43.1 Å². The molecule has 0 spiro atoms. The topological polar surface area (TPSA) is 72.7 Å². The molecule has 0 atom stereocenters. The number of fused-ring (bicyclic) bond motifs is 1. The summed E-state index contributed by atoms with van der Waals surface area (Å²) in [7, 11) is 1.64. The van der Waals surface area contributed by atoms with Crippen LogP contribution in [0.4, 0.5) is 0 Å². The number of hydrogen-bond donors (Lipinski definition) is 1. The Morgan fingerprint density at radius 3 is 2.65 bits per heavy atom. The molecule has 1 N–H and O–H groups in total. The lowest BCUT2D eigenvalue weighted by molar-refractivity contribution is 0.600. The van der Waals surface area contributed by atoms with Crippen molar-refractivity contribution in [3.63, 3.8) is 0 Å². The second kappa shape index (κ2) is 8.40. The molecule has 0 radical (unpaired) electrons. The van der Waals surface area contributed by atoms with Gasteiger partial charge in [0.15, 0.2) is 16.3 Å². The maximum Gasteiger partial charge on any atom is 0.329 e. The van der Waals surface area contributed by atoms with Crippen LogP contribution in [0.1, 0.15) is 31.7 Å². The largest absolute Gasteiger partial charge is 0.329 e. The van der Waals surface area contributed by atoms with Gasteiger partial charge in [-0.1, -0.05) is 55.4 Å². The number of H-pyrrole nitrogens is 1.